The number of carbonyl (C=O) groups is 1. The zero-order valence-corrected chi connectivity index (χ0v) is 20.0. The van der Waals surface area contributed by atoms with Crippen LogP contribution in [0.25, 0.3) is 0 Å². The van der Waals surface area contributed by atoms with Crippen molar-refractivity contribution >= 4 is 21.6 Å². The van der Waals surface area contributed by atoms with Crippen LogP contribution in [0.15, 0.2) is 65.6 Å². The van der Waals surface area contributed by atoms with Gasteiger partial charge < -0.3 is 5.32 Å². The summed E-state index contributed by atoms with van der Waals surface area (Å²) in [5, 5.41) is 3.03. The maximum absolute atomic E-state index is 13.1. The average Bonchev–Trinajstić information content (AvgIpc) is 2.75. The zero-order valence-electron chi connectivity index (χ0n) is 19.2. The molecule has 6 heteroatoms. The highest BCUT2D eigenvalue weighted by Gasteiger charge is 2.21. The number of rotatable bonds is 7. The van der Waals surface area contributed by atoms with Crippen molar-refractivity contribution in [3.8, 4) is 0 Å². The van der Waals surface area contributed by atoms with Gasteiger partial charge in [0.25, 0.3) is 15.9 Å². The van der Waals surface area contributed by atoms with E-state index in [1.54, 1.807) is 31.2 Å². The van der Waals surface area contributed by atoms with Crippen LogP contribution in [-0.4, -0.2) is 14.3 Å². The molecule has 3 aromatic rings. The predicted octanol–water partition coefficient (Wildman–Crippen LogP) is 5.60. The Hall–Kier alpha value is -3.12. The van der Waals surface area contributed by atoms with Crippen LogP contribution in [0, 0.1) is 27.7 Å². The Morgan fingerprint density at radius 3 is 2.12 bits per heavy atom. The lowest BCUT2D eigenvalue weighted by molar-refractivity contribution is 0.0935. The molecule has 2 N–H and O–H groups in total. The second kappa shape index (κ2) is 9.57. The highest BCUT2D eigenvalue weighted by molar-refractivity contribution is 7.92. The molecule has 168 valence electrons. The summed E-state index contributed by atoms with van der Waals surface area (Å²) in [6.07, 6.45) is 0.722. The first-order valence-corrected chi connectivity index (χ1v) is 12.2. The topological polar surface area (TPSA) is 75.3 Å². The number of hydrogen-bond acceptors (Lipinski definition) is 3. The van der Waals surface area contributed by atoms with Gasteiger partial charge in [-0.3, -0.25) is 9.52 Å². The number of nitrogens with one attached hydrogen (secondary N) is 2. The molecular weight excluding hydrogens is 420 g/mol. The lowest BCUT2D eigenvalue weighted by atomic mass is 10.0. The van der Waals surface area contributed by atoms with Crippen molar-refractivity contribution in [2.75, 3.05) is 4.72 Å². The van der Waals surface area contributed by atoms with E-state index in [0.717, 1.165) is 28.7 Å². The van der Waals surface area contributed by atoms with Crippen LogP contribution in [0.1, 0.15) is 57.6 Å². The summed E-state index contributed by atoms with van der Waals surface area (Å²) in [5.41, 5.74) is 5.62. The Kier molecular flexibility index (Phi) is 7.04. The summed E-state index contributed by atoms with van der Waals surface area (Å²) in [4.78, 5) is 13.0. The van der Waals surface area contributed by atoms with Crippen LogP contribution in [0.3, 0.4) is 0 Å². The van der Waals surface area contributed by atoms with E-state index >= 15 is 0 Å². The summed E-state index contributed by atoms with van der Waals surface area (Å²) in [7, 11) is -3.85. The van der Waals surface area contributed by atoms with E-state index in [4.69, 9.17) is 0 Å². The summed E-state index contributed by atoms with van der Waals surface area (Å²) >= 11 is 0. The SMILES string of the molecule is CC[C@H](NC(=O)c1ccc(C)c(S(=O)(=O)Nc2ccc(C)c(C)c2)c1)c1ccc(C)cc1. The maximum atomic E-state index is 13.1. The summed E-state index contributed by atoms with van der Waals surface area (Å²) in [6, 6.07) is 18.0. The molecule has 0 aromatic heterocycles. The van der Waals surface area contributed by atoms with Crippen molar-refractivity contribution in [3.05, 3.63) is 94.0 Å². The summed E-state index contributed by atoms with van der Waals surface area (Å²) in [5.74, 6) is -0.306. The van der Waals surface area contributed by atoms with Gasteiger partial charge in [0.2, 0.25) is 0 Å². The number of aryl methyl sites for hydroxylation is 4. The first-order chi connectivity index (χ1) is 15.1. The van der Waals surface area contributed by atoms with E-state index < -0.39 is 10.0 Å². The Balaban J connectivity index is 1.85. The van der Waals surface area contributed by atoms with Gasteiger partial charge in [0.15, 0.2) is 0 Å². The third kappa shape index (κ3) is 5.37. The minimum absolute atomic E-state index is 0.0896. The fraction of sp³-hybridized carbons (Fsp3) is 0.269. The lowest BCUT2D eigenvalue weighted by Gasteiger charge is -2.18. The molecule has 0 aliphatic heterocycles. The molecule has 1 atom stereocenters. The van der Waals surface area contributed by atoms with Crippen LogP contribution in [-0.2, 0) is 10.0 Å². The predicted molar refractivity (Wildman–Crippen MR) is 130 cm³/mol. The highest BCUT2D eigenvalue weighted by Crippen LogP contribution is 2.23. The summed E-state index contributed by atoms with van der Waals surface area (Å²) in [6.45, 7) is 9.65. The van der Waals surface area contributed by atoms with E-state index in [1.165, 1.54) is 6.07 Å². The number of anilines is 1. The number of carbonyl (C=O) groups excluding carboxylic acids is 1. The molecule has 0 unspecified atom stereocenters. The second-order valence-corrected chi connectivity index (χ2v) is 9.88. The Labute approximate surface area is 190 Å². The molecule has 0 radical (unpaired) electrons. The molecule has 0 spiro atoms. The van der Waals surface area contributed by atoms with Gasteiger partial charge in [0.05, 0.1) is 10.9 Å². The van der Waals surface area contributed by atoms with Crippen molar-refractivity contribution < 1.29 is 13.2 Å². The molecule has 1 amide bonds. The van der Waals surface area contributed by atoms with E-state index in [-0.39, 0.29) is 16.8 Å². The fourth-order valence-corrected chi connectivity index (χ4v) is 4.83. The number of sulfonamides is 1. The lowest BCUT2D eigenvalue weighted by Crippen LogP contribution is -2.28. The number of amides is 1. The molecule has 0 bridgehead atoms. The van der Waals surface area contributed by atoms with Gasteiger partial charge in [0.1, 0.15) is 0 Å². The van der Waals surface area contributed by atoms with Crippen molar-refractivity contribution in [2.24, 2.45) is 0 Å². The molecule has 0 fully saturated rings. The van der Waals surface area contributed by atoms with Gasteiger partial charge in [-0.25, -0.2) is 8.42 Å². The Bertz CT molecular complexity index is 1230. The molecule has 0 saturated heterocycles. The van der Waals surface area contributed by atoms with Crippen LogP contribution < -0.4 is 10.0 Å². The molecule has 0 aliphatic carbocycles. The van der Waals surface area contributed by atoms with Crippen molar-refractivity contribution in [1.29, 1.82) is 0 Å². The van der Waals surface area contributed by atoms with Gasteiger partial charge in [-0.2, -0.15) is 0 Å². The molecular formula is C26H30N2O3S. The fourth-order valence-electron chi connectivity index (χ4n) is 3.51. The van der Waals surface area contributed by atoms with Gasteiger partial charge in [-0.05, 0) is 80.6 Å². The van der Waals surface area contributed by atoms with Gasteiger partial charge >= 0.3 is 0 Å². The molecule has 32 heavy (non-hydrogen) atoms. The molecule has 0 heterocycles. The average molecular weight is 451 g/mol. The molecule has 0 aliphatic rings. The van der Waals surface area contributed by atoms with Gasteiger partial charge in [-0.15, -0.1) is 0 Å². The monoisotopic (exact) mass is 450 g/mol. The molecule has 5 nitrogen and oxygen atoms in total. The normalized spacial score (nSPS) is 12.3. The molecule has 3 aromatic carbocycles. The number of hydrogen-bond donors (Lipinski definition) is 2. The van der Waals surface area contributed by atoms with Crippen LogP contribution in [0.2, 0.25) is 0 Å². The molecule has 0 saturated carbocycles. The minimum Gasteiger partial charge on any atom is -0.345 e. The van der Waals surface area contributed by atoms with E-state index in [2.05, 4.69) is 10.0 Å². The van der Waals surface area contributed by atoms with E-state index in [1.807, 2.05) is 58.0 Å². The van der Waals surface area contributed by atoms with Gasteiger partial charge in [0, 0.05) is 11.3 Å². The third-order valence-electron chi connectivity index (χ3n) is 5.69. The number of benzene rings is 3. The molecule has 3 rings (SSSR count). The standard InChI is InChI=1S/C26H30N2O3S/c1-6-24(21-11-7-17(2)8-12-21)27-26(29)22-13-9-19(4)25(16-22)32(30,31)28-23-14-10-18(3)20(5)15-23/h7-16,24,28H,6H2,1-5H3,(H,27,29)/t24-/m0/s1. The van der Waals surface area contributed by atoms with Crippen molar-refractivity contribution in [1.82, 2.24) is 5.32 Å². The third-order valence-corrected chi connectivity index (χ3v) is 7.22. The first kappa shape index (κ1) is 23.5. The van der Waals surface area contributed by atoms with Crippen LogP contribution in [0.4, 0.5) is 5.69 Å². The summed E-state index contributed by atoms with van der Waals surface area (Å²) < 4.78 is 28.8. The highest BCUT2D eigenvalue weighted by atomic mass is 32.2. The van der Waals surface area contributed by atoms with E-state index in [0.29, 0.717) is 16.8 Å². The van der Waals surface area contributed by atoms with Crippen LogP contribution >= 0.6 is 0 Å². The first-order valence-electron chi connectivity index (χ1n) is 10.7. The smallest absolute Gasteiger partial charge is 0.262 e. The second-order valence-electron chi connectivity index (χ2n) is 8.23. The van der Waals surface area contributed by atoms with Gasteiger partial charge in [-0.1, -0.05) is 48.9 Å². The minimum atomic E-state index is -3.85. The van der Waals surface area contributed by atoms with Crippen molar-refractivity contribution in [3.63, 3.8) is 0 Å². The van der Waals surface area contributed by atoms with Crippen molar-refractivity contribution in [2.45, 2.75) is 52.0 Å². The quantitative estimate of drug-likeness (QED) is 0.492. The Morgan fingerprint density at radius 1 is 0.844 bits per heavy atom. The van der Waals surface area contributed by atoms with Crippen LogP contribution in [0.5, 0.6) is 0 Å². The van der Waals surface area contributed by atoms with E-state index in [9.17, 15) is 13.2 Å². The Morgan fingerprint density at radius 2 is 1.50 bits per heavy atom. The zero-order chi connectivity index (χ0) is 23.5. The largest absolute Gasteiger partial charge is 0.345 e. The maximum Gasteiger partial charge on any atom is 0.262 e.